The fraction of sp³-hybridized carbons (Fsp3) is 0.700. The zero-order valence-corrected chi connectivity index (χ0v) is 12.7. The molecule has 0 aliphatic rings. The Kier molecular flexibility index (Phi) is 6.28. The van der Waals surface area contributed by atoms with Gasteiger partial charge >= 0.3 is 0 Å². The summed E-state index contributed by atoms with van der Waals surface area (Å²) >= 11 is 0. The van der Waals surface area contributed by atoms with Gasteiger partial charge in [-0.15, -0.1) is 12.4 Å². The first kappa shape index (κ1) is 17.4. The second kappa shape index (κ2) is 6.51. The highest BCUT2D eigenvalue weighted by Gasteiger charge is 2.23. The molecule has 1 heterocycles. The van der Waals surface area contributed by atoms with Crippen LogP contribution in [-0.4, -0.2) is 31.3 Å². The minimum atomic E-state index is -3.49. The molecule has 1 atom stereocenters. The molecule has 6 nitrogen and oxygen atoms in total. The van der Waals surface area contributed by atoms with Crippen LogP contribution < -0.4 is 10.5 Å². The molecule has 1 aromatic rings. The molecule has 106 valence electrons. The van der Waals surface area contributed by atoms with E-state index in [1.807, 2.05) is 6.92 Å². The molecule has 3 N–H and O–H groups in total. The van der Waals surface area contributed by atoms with Gasteiger partial charge in [0.1, 0.15) is 4.90 Å². The first-order valence-corrected chi connectivity index (χ1v) is 6.97. The molecule has 0 radical (unpaired) electrons. The second-order valence-electron chi connectivity index (χ2n) is 4.32. The highest BCUT2D eigenvalue weighted by atomic mass is 35.5. The molecule has 0 aromatic carbocycles. The summed E-state index contributed by atoms with van der Waals surface area (Å²) < 4.78 is 28.3. The van der Waals surface area contributed by atoms with E-state index in [2.05, 4.69) is 9.82 Å². The van der Waals surface area contributed by atoms with Crippen molar-refractivity contribution in [2.45, 2.75) is 25.7 Å². The van der Waals surface area contributed by atoms with Crippen molar-refractivity contribution in [3.63, 3.8) is 0 Å². The normalized spacial score (nSPS) is 13.2. The van der Waals surface area contributed by atoms with Crippen molar-refractivity contribution in [3.05, 3.63) is 11.4 Å². The number of aromatic nitrogens is 2. The molecule has 0 aliphatic heterocycles. The van der Waals surface area contributed by atoms with Crippen molar-refractivity contribution in [3.8, 4) is 0 Å². The predicted octanol–water partition coefficient (Wildman–Crippen LogP) is 0.332. The number of hydrogen-bond acceptors (Lipinski definition) is 4. The van der Waals surface area contributed by atoms with E-state index in [-0.39, 0.29) is 23.2 Å². The first-order valence-electron chi connectivity index (χ1n) is 5.49. The van der Waals surface area contributed by atoms with Gasteiger partial charge in [-0.05, 0) is 26.3 Å². The van der Waals surface area contributed by atoms with Crippen LogP contribution in [0.15, 0.2) is 4.90 Å². The van der Waals surface area contributed by atoms with Gasteiger partial charge in [-0.25, -0.2) is 13.1 Å². The Morgan fingerprint density at radius 2 is 2.00 bits per heavy atom. The standard InChI is InChI=1S/C10H20N4O2S.ClH/c1-7(5-11)6-12-17(15,16)10-8(2)13-14(4)9(10)3;/h7,12H,5-6,11H2,1-4H3;1H. The van der Waals surface area contributed by atoms with Gasteiger partial charge in [0.2, 0.25) is 10.0 Å². The van der Waals surface area contributed by atoms with E-state index in [0.29, 0.717) is 24.5 Å². The lowest BCUT2D eigenvalue weighted by Crippen LogP contribution is -2.31. The van der Waals surface area contributed by atoms with Crippen LogP contribution in [0.4, 0.5) is 0 Å². The third-order valence-corrected chi connectivity index (χ3v) is 4.41. The Morgan fingerprint density at radius 1 is 1.44 bits per heavy atom. The topological polar surface area (TPSA) is 90.0 Å². The molecule has 0 saturated heterocycles. The minimum Gasteiger partial charge on any atom is -0.330 e. The summed E-state index contributed by atoms with van der Waals surface area (Å²) in [6.07, 6.45) is 0. The monoisotopic (exact) mass is 296 g/mol. The molecule has 1 aromatic heterocycles. The molecule has 0 spiro atoms. The molecule has 18 heavy (non-hydrogen) atoms. The van der Waals surface area contributed by atoms with Gasteiger partial charge in [0, 0.05) is 13.6 Å². The minimum absolute atomic E-state index is 0. The fourth-order valence-electron chi connectivity index (χ4n) is 1.55. The van der Waals surface area contributed by atoms with Crippen LogP contribution in [-0.2, 0) is 17.1 Å². The summed E-state index contributed by atoms with van der Waals surface area (Å²) in [5.74, 6) is 0.113. The molecule has 0 saturated carbocycles. The Morgan fingerprint density at radius 3 is 2.39 bits per heavy atom. The molecule has 0 bridgehead atoms. The van der Waals surface area contributed by atoms with Crippen molar-refractivity contribution in [1.29, 1.82) is 0 Å². The first-order chi connectivity index (χ1) is 7.79. The van der Waals surface area contributed by atoms with E-state index in [1.165, 1.54) is 0 Å². The maximum atomic E-state index is 12.1. The number of nitrogens with one attached hydrogen (secondary N) is 1. The molecule has 0 amide bonds. The third kappa shape index (κ3) is 3.68. The van der Waals surface area contributed by atoms with E-state index in [4.69, 9.17) is 5.73 Å². The van der Waals surface area contributed by atoms with Crippen molar-refractivity contribution in [2.24, 2.45) is 18.7 Å². The van der Waals surface area contributed by atoms with Crippen LogP contribution in [0.1, 0.15) is 18.3 Å². The van der Waals surface area contributed by atoms with Gasteiger partial charge in [-0.2, -0.15) is 5.10 Å². The Labute approximate surface area is 114 Å². The van der Waals surface area contributed by atoms with Crippen LogP contribution >= 0.6 is 12.4 Å². The lowest BCUT2D eigenvalue weighted by atomic mass is 10.2. The van der Waals surface area contributed by atoms with E-state index < -0.39 is 10.0 Å². The van der Waals surface area contributed by atoms with Crippen LogP contribution in [0.2, 0.25) is 0 Å². The number of hydrogen-bond donors (Lipinski definition) is 2. The average Bonchev–Trinajstić information content (AvgIpc) is 2.50. The fourth-order valence-corrected chi connectivity index (χ4v) is 3.15. The Bertz CT molecular complexity index is 498. The van der Waals surface area contributed by atoms with Gasteiger partial charge < -0.3 is 5.73 Å². The maximum Gasteiger partial charge on any atom is 0.244 e. The lowest BCUT2D eigenvalue weighted by molar-refractivity contribution is 0.544. The van der Waals surface area contributed by atoms with Crippen molar-refractivity contribution in [1.82, 2.24) is 14.5 Å². The van der Waals surface area contributed by atoms with E-state index in [9.17, 15) is 8.42 Å². The van der Waals surface area contributed by atoms with Crippen molar-refractivity contribution >= 4 is 22.4 Å². The molecule has 8 heteroatoms. The second-order valence-corrected chi connectivity index (χ2v) is 6.02. The number of sulfonamides is 1. The molecule has 0 fully saturated rings. The van der Waals surface area contributed by atoms with Crippen LogP contribution in [0.5, 0.6) is 0 Å². The summed E-state index contributed by atoms with van der Waals surface area (Å²) in [5.41, 5.74) is 6.60. The third-order valence-electron chi connectivity index (χ3n) is 2.74. The molecular formula is C10H21ClN4O2S. The van der Waals surface area contributed by atoms with Crippen molar-refractivity contribution < 1.29 is 8.42 Å². The maximum absolute atomic E-state index is 12.1. The number of halogens is 1. The predicted molar refractivity (Wildman–Crippen MR) is 73.3 cm³/mol. The van der Waals surface area contributed by atoms with E-state index in [1.54, 1.807) is 25.6 Å². The molecule has 0 aliphatic carbocycles. The summed E-state index contributed by atoms with van der Waals surface area (Å²) in [4.78, 5) is 0.268. The Hall–Kier alpha value is -0.630. The SMILES string of the molecule is Cc1nn(C)c(C)c1S(=O)(=O)NCC(C)CN.Cl. The average molecular weight is 297 g/mol. The number of rotatable bonds is 5. The van der Waals surface area contributed by atoms with Gasteiger partial charge in [0.25, 0.3) is 0 Å². The highest BCUT2D eigenvalue weighted by Crippen LogP contribution is 2.18. The molecular weight excluding hydrogens is 276 g/mol. The summed E-state index contributed by atoms with van der Waals surface area (Å²) in [6.45, 7) is 6.11. The van der Waals surface area contributed by atoms with E-state index in [0.717, 1.165) is 0 Å². The van der Waals surface area contributed by atoms with Gasteiger partial charge in [-0.3, -0.25) is 4.68 Å². The summed E-state index contributed by atoms with van der Waals surface area (Å²) in [5, 5.41) is 4.10. The summed E-state index contributed by atoms with van der Waals surface area (Å²) in [6, 6.07) is 0. The summed E-state index contributed by atoms with van der Waals surface area (Å²) in [7, 11) is -1.77. The van der Waals surface area contributed by atoms with Gasteiger partial charge in [0.15, 0.2) is 0 Å². The van der Waals surface area contributed by atoms with Crippen LogP contribution in [0.25, 0.3) is 0 Å². The zero-order chi connectivity index (χ0) is 13.2. The molecule has 1 unspecified atom stereocenters. The quantitative estimate of drug-likeness (QED) is 0.819. The number of nitrogens with two attached hydrogens (primary N) is 1. The zero-order valence-electron chi connectivity index (χ0n) is 11.1. The van der Waals surface area contributed by atoms with Gasteiger partial charge in [-0.1, -0.05) is 6.92 Å². The largest absolute Gasteiger partial charge is 0.330 e. The van der Waals surface area contributed by atoms with Crippen LogP contribution in [0, 0.1) is 19.8 Å². The smallest absolute Gasteiger partial charge is 0.244 e. The highest BCUT2D eigenvalue weighted by molar-refractivity contribution is 7.89. The van der Waals surface area contributed by atoms with Gasteiger partial charge in [0.05, 0.1) is 11.4 Å². The van der Waals surface area contributed by atoms with Crippen LogP contribution in [0.3, 0.4) is 0 Å². The Balaban J connectivity index is 0.00000289. The number of aryl methyl sites for hydroxylation is 2. The van der Waals surface area contributed by atoms with Crippen molar-refractivity contribution in [2.75, 3.05) is 13.1 Å². The lowest BCUT2D eigenvalue weighted by Gasteiger charge is -2.11. The number of nitrogens with zero attached hydrogens (tertiary/aromatic N) is 2. The van der Waals surface area contributed by atoms with E-state index >= 15 is 0 Å². The molecule has 1 rings (SSSR count).